The molecule has 1 aliphatic rings. The van der Waals surface area contributed by atoms with Gasteiger partial charge in [0.25, 0.3) is 5.82 Å². The van der Waals surface area contributed by atoms with Crippen molar-refractivity contribution in [1.82, 2.24) is 4.90 Å². The molecule has 2 aromatic heterocycles. The van der Waals surface area contributed by atoms with E-state index in [0.29, 0.717) is 37.8 Å². The van der Waals surface area contributed by atoms with Crippen molar-refractivity contribution in [2.75, 3.05) is 31.1 Å². The smallest absolute Gasteiger partial charge is 0.419 e. The minimum atomic E-state index is -4.45. The summed E-state index contributed by atoms with van der Waals surface area (Å²) in [5.41, 5.74) is -0.830. The summed E-state index contributed by atoms with van der Waals surface area (Å²) in [6, 6.07) is 4.37. The lowest BCUT2D eigenvalue weighted by Gasteiger charge is -2.30. The third-order valence-electron chi connectivity index (χ3n) is 4.04. The number of halogens is 4. The molecule has 1 fully saturated rings. The predicted octanol–water partition coefficient (Wildman–Crippen LogP) is 3.13. The van der Waals surface area contributed by atoms with Gasteiger partial charge in [-0.25, -0.2) is 4.98 Å². The lowest BCUT2D eigenvalue weighted by molar-refractivity contribution is -0.367. The standard InChI is InChI=1S/C17H15ClF3N3O2/c18-14-10-12(17(19,20)21)11-22-16(14)24-7-5-23(6-8-24)15(25)4-3-13-2-1-9-26-13/h1-4,9-11H,5-8H2/p+1/b4-3+. The van der Waals surface area contributed by atoms with E-state index < -0.39 is 11.7 Å². The average molecular weight is 387 g/mol. The van der Waals surface area contributed by atoms with Crippen LogP contribution in [0.15, 0.2) is 41.2 Å². The quantitative estimate of drug-likeness (QED) is 0.761. The highest BCUT2D eigenvalue weighted by molar-refractivity contribution is 6.32. The molecule has 9 heteroatoms. The maximum absolute atomic E-state index is 12.7. The molecule has 0 radical (unpaired) electrons. The summed E-state index contributed by atoms with van der Waals surface area (Å²) in [6.07, 6.45) is 0.989. The Morgan fingerprint density at radius 2 is 2.00 bits per heavy atom. The largest absolute Gasteiger partial charge is 0.465 e. The highest BCUT2D eigenvalue weighted by Gasteiger charge is 2.34. The molecule has 0 atom stereocenters. The number of nitrogens with zero attached hydrogens (tertiary/aromatic N) is 2. The highest BCUT2D eigenvalue weighted by Crippen LogP contribution is 2.32. The molecule has 1 N–H and O–H groups in total. The number of aromatic nitrogens is 1. The summed E-state index contributed by atoms with van der Waals surface area (Å²) < 4.78 is 43.2. The summed E-state index contributed by atoms with van der Waals surface area (Å²) in [6.45, 7) is 1.79. The van der Waals surface area contributed by atoms with E-state index in [1.807, 2.05) is 4.90 Å². The van der Waals surface area contributed by atoms with Crippen molar-refractivity contribution in [2.45, 2.75) is 6.18 Å². The first-order chi connectivity index (χ1) is 12.3. The number of carbonyl (C=O) groups is 1. The van der Waals surface area contributed by atoms with Crippen LogP contribution in [0.4, 0.5) is 19.0 Å². The molecule has 5 nitrogen and oxygen atoms in total. The molecule has 26 heavy (non-hydrogen) atoms. The van der Waals surface area contributed by atoms with Crippen LogP contribution in [0.1, 0.15) is 11.3 Å². The highest BCUT2D eigenvalue weighted by atomic mass is 35.5. The number of amides is 1. The second-order valence-electron chi connectivity index (χ2n) is 5.74. The van der Waals surface area contributed by atoms with E-state index >= 15 is 0 Å². The Morgan fingerprint density at radius 3 is 2.58 bits per heavy atom. The maximum Gasteiger partial charge on any atom is 0.419 e. The van der Waals surface area contributed by atoms with Crippen LogP contribution in [-0.4, -0.2) is 37.0 Å². The SMILES string of the molecule is O=C(/C=C/c1ccco1)N1CCN(c2[nH+]cc(C(F)(F)F)cc2Cl)CC1. The summed E-state index contributed by atoms with van der Waals surface area (Å²) in [5, 5.41) is -0.00248. The van der Waals surface area contributed by atoms with E-state index in [1.165, 1.54) is 12.3 Å². The third kappa shape index (κ3) is 4.19. The van der Waals surface area contributed by atoms with Crippen LogP contribution in [0.3, 0.4) is 0 Å². The van der Waals surface area contributed by atoms with Gasteiger partial charge >= 0.3 is 6.18 Å². The van der Waals surface area contributed by atoms with Crippen molar-refractivity contribution in [3.8, 4) is 0 Å². The molecule has 138 valence electrons. The number of pyridine rings is 1. The summed E-state index contributed by atoms with van der Waals surface area (Å²) >= 11 is 6.00. The Balaban J connectivity index is 1.61. The number of hydrogen-bond acceptors (Lipinski definition) is 3. The predicted molar refractivity (Wildman–Crippen MR) is 89.5 cm³/mol. The van der Waals surface area contributed by atoms with Crippen LogP contribution in [0.2, 0.25) is 5.02 Å². The zero-order chi connectivity index (χ0) is 18.7. The number of aromatic amines is 1. The Bertz CT molecular complexity index is 798. The molecule has 1 amide bonds. The van der Waals surface area contributed by atoms with Gasteiger partial charge in [-0.15, -0.1) is 0 Å². The van der Waals surface area contributed by atoms with Crippen molar-refractivity contribution < 1.29 is 27.4 Å². The monoisotopic (exact) mass is 386 g/mol. The van der Waals surface area contributed by atoms with E-state index in [9.17, 15) is 18.0 Å². The van der Waals surface area contributed by atoms with E-state index in [-0.39, 0.29) is 10.9 Å². The van der Waals surface area contributed by atoms with Gasteiger partial charge in [-0.3, -0.25) is 9.69 Å². The van der Waals surface area contributed by atoms with Gasteiger partial charge in [0.2, 0.25) is 5.91 Å². The first kappa shape index (κ1) is 18.3. The fraction of sp³-hybridized carbons (Fsp3) is 0.294. The minimum absolute atomic E-state index is 0.00248. The van der Waals surface area contributed by atoms with Crippen LogP contribution in [-0.2, 0) is 11.0 Å². The molecule has 1 saturated heterocycles. The lowest BCUT2D eigenvalue weighted by Crippen LogP contribution is -2.49. The van der Waals surface area contributed by atoms with E-state index in [0.717, 1.165) is 12.3 Å². The molecule has 3 heterocycles. The third-order valence-corrected chi connectivity index (χ3v) is 4.33. The molecule has 1 aliphatic heterocycles. The number of hydrogen-bond donors (Lipinski definition) is 0. The average Bonchev–Trinajstić information content (AvgIpc) is 3.12. The minimum Gasteiger partial charge on any atom is -0.465 e. The van der Waals surface area contributed by atoms with Crippen LogP contribution in [0.5, 0.6) is 0 Å². The van der Waals surface area contributed by atoms with Crippen molar-refractivity contribution in [2.24, 2.45) is 0 Å². The Labute approximate surface area is 152 Å². The number of carbonyl (C=O) groups excluding carboxylic acids is 1. The zero-order valence-corrected chi connectivity index (χ0v) is 14.3. The van der Waals surface area contributed by atoms with Crippen LogP contribution < -0.4 is 9.88 Å². The number of rotatable bonds is 3. The fourth-order valence-electron chi connectivity index (χ4n) is 2.66. The Hall–Kier alpha value is -2.48. The normalized spacial score (nSPS) is 15.7. The molecule has 3 rings (SSSR count). The second kappa shape index (κ2) is 7.41. The number of anilines is 1. The molecule has 2 aromatic rings. The summed E-state index contributed by atoms with van der Waals surface area (Å²) in [5.74, 6) is 0.851. The molecule has 0 unspecified atom stereocenters. The van der Waals surface area contributed by atoms with Gasteiger partial charge in [0, 0.05) is 6.08 Å². The maximum atomic E-state index is 12.7. The van der Waals surface area contributed by atoms with Crippen LogP contribution in [0.25, 0.3) is 6.08 Å². The van der Waals surface area contributed by atoms with Crippen molar-refractivity contribution in [3.63, 3.8) is 0 Å². The second-order valence-corrected chi connectivity index (χ2v) is 6.15. The first-order valence-electron chi connectivity index (χ1n) is 7.88. The van der Waals surface area contributed by atoms with Gasteiger partial charge in [-0.1, -0.05) is 11.6 Å². The van der Waals surface area contributed by atoms with Crippen LogP contribution in [0, 0.1) is 0 Å². The Kier molecular flexibility index (Phi) is 5.22. The summed E-state index contributed by atoms with van der Waals surface area (Å²) in [4.78, 5) is 18.3. The van der Waals surface area contributed by atoms with Crippen LogP contribution >= 0.6 is 11.6 Å². The van der Waals surface area contributed by atoms with Gasteiger partial charge in [-0.05, 0) is 24.3 Å². The summed E-state index contributed by atoms with van der Waals surface area (Å²) in [7, 11) is 0. The fourth-order valence-corrected chi connectivity index (χ4v) is 2.95. The van der Waals surface area contributed by atoms with Crippen molar-refractivity contribution >= 4 is 29.4 Å². The number of furan rings is 1. The molecule has 0 saturated carbocycles. The number of H-pyrrole nitrogens is 1. The number of nitrogens with one attached hydrogen (secondary N) is 1. The van der Waals surface area contributed by atoms with Gasteiger partial charge in [0.1, 0.15) is 30.1 Å². The molecular weight excluding hydrogens is 371 g/mol. The van der Waals surface area contributed by atoms with E-state index in [2.05, 4.69) is 4.98 Å². The van der Waals surface area contributed by atoms with Gasteiger partial charge < -0.3 is 9.32 Å². The van der Waals surface area contributed by atoms with Gasteiger partial charge in [0.05, 0.1) is 24.9 Å². The lowest BCUT2D eigenvalue weighted by atomic mass is 10.2. The molecule has 0 aromatic carbocycles. The van der Waals surface area contributed by atoms with E-state index in [1.54, 1.807) is 23.1 Å². The topological polar surface area (TPSA) is 50.8 Å². The molecule has 0 bridgehead atoms. The first-order valence-corrected chi connectivity index (χ1v) is 8.26. The molecule has 0 spiro atoms. The van der Waals surface area contributed by atoms with E-state index in [4.69, 9.17) is 16.0 Å². The number of alkyl halides is 3. The zero-order valence-electron chi connectivity index (χ0n) is 13.6. The molecule has 0 aliphatic carbocycles. The molecular formula is C17H16ClF3N3O2+. The Morgan fingerprint density at radius 1 is 1.27 bits per heavy atom. The van der Waals surface area contributed by atoms with Crippen molar-refractivity contribution in [1.29, 1.82) is 0 Å². The van der Waals surface area contributed by atoms with Gasteiger partial charge in [-0.2, -0.15) is 13.2 Å². The van der Waals surface area contributed by atoms with Gasteiger partial charge in [0.15, 0.2) is 0 Å². The number of piperazine rings is 1. The van der Waals surface area contributed by atoms with Crippen molar-refractivity contribution in [3.05, 3.63) is 53.1 Å².